The first-order valence-corrected chi connectivity index (χ1v) is 0.632. The van der Waals surface area contributed by atoms with Gasteiger partial charge in [0.05, 0.1) is 0 Å². The molecule has 0 spiro atoms. The van der Waals surface area contributed by atoms with E-state index in [1.165, 1.54) is 0 Å². The van der Waals surface area contributed by atoms with Crippen LogP contribution in [-0.2, 0) is 0 Å². The maximum Gasteiger partial charge on any atom is 0.432 e. The third kappa shape index (κ3) is 222. The van der Waals surface area contributed by atoms with E-state index in [9.17, 15) is 0 Å². The molecule has 2 N–H and O–H groups in total. The third-order valence-corrected chi connectivity index (χ3v) is 0. The molecule has 0 saturated heterocycles. The van der Waals surface area contributed by atoms with Crippen molar-refractivity contribution in [2.24, 2.45) is 0 Å². The van der Waals surface area contributed by atoms with Crippen LogP contribution in [0.1, 0.15) is 0 Å². The summed E-state index contributed by atoms with van der Waals surface area (Å²) >= 11 is 0. The van der Waals surface area contributed by atoms with Gasteiger partial charge in [0.15, 0.2) is 0 Å². The molecule has 0 aliphatic heterocycles. The van der Waals surface area contributed by atoms with Gasteiger partial charge in [0, 0.05) is 0 Å². The van der Waals surface area contributed by atoms with Crippen molar-refractivity contribution in [1.29, 1.82) is 0 Å². The maximum atomic E-state index is 7.12. The number of hydrogen-bond acceptors (Lipinski definition) is 2. The molecule has 0 aromatic heterocycles. The van der Waals surface area contributed by atoms with Gasteiger partial charge in [0.25, 0.3) is 0 Å². The van der Waals surface area contributed by atoms with Crippen LogP contribution >= 0.6 is 0 Å². The Hall–Kier alpha value is -0.0851. The first-order chi connectivity index (χ1) is 1.41. The van der Waals surface area contributed by atoms with E-state index in [0.29, 0.717) is 0 Å². The zero-order chi connectivity index (χ0) is 2.71. The minimum Gasteiger partial charge on any atom is -0.430 e. The minimum absolute atomic E-state index is 0. The predicted octanol–water partition coefficient (Wildman–Crippen LogP) is -1.61. The Bertz CT molecular complexity index is 6.00. The molecule has 0 heterocycles. The molecule has 0 fully saturated rings. The highest BCUT2D eigenvalue weighted by molar-refractivity contribution is 6.13. The van der Waals surface area contributed by atoms with E-state index >= 15 is 0 Å². The van der Waals surface area contributed by atoms with E-state index in [1.54, 1.807) is 0 Å². The predicted molar refractivity (Wildman–Crippen MR) is 14.1 cm³/mol. The third-order valence-electron chi connectivity index (χ3n) is 0. The average Bonchev–Trinajstić information content (AvgIpc) is 0.918. The Kier molecular flexibility index (Phi) is 29.0. The molecule has 0 bridgehead atoms. The summed E-state index contributed by atoms with van der Waals surface area (Å²) in [6, 6.07) is 0. The highest BCUT2D eigenvalue weighted by Gasteiger charge is 1.48. The van der Waals surface area contributed by atoms with Crippen molar-refractivity contribution >= 4 is 7.69 Å². The molecule has 26 valence electrons. The van der Waals surface area contributed by atoms with Crippen LogP contribution in [0, 0.1) is 0 Å². The molecule has 0 saturated carbocycles. The van der Waals surface area contributed by atoms with Crippen molar-refractivity contribution in [2.45, 2.75) is 0 Å². The summed E-state index contributed by atoms with van der Waals surface area (Å²) in [5, 5.41) is 14.2. The summed E-state index contributed by atoms with van der Waals surface area (Å²) < 4.78 is 0. The molecule has 0 aromatic carbocycles. The molecule has 0 radical (unpaired) electrons. The molecular formula is H4BFO2. The first kappa shape index (κ1) is 9.07. The van der Waals surface area contributed by atoms with E-state index < -0.39 is 7.69 Å². The zero-order valence-corrected chi connectivity index (χ0v) is 2.01. The van der Waals surface area contributed by atoms with Gasteiger partial charge in [-0.05, 0) is 0 Å². The van der Waals surface area contributed by atoms with Gasteiger partial charge in [-0.15, -0.1) is 0 Å². The van der Waals surface area contributed by atoms with E-state index in [-0.39, 0.29) is 4.70 Å². The van der Waals surface area contributed by atoms with Crippen LogP contribution < -0.4 is 0 Å². The van der Waals surface area contributed by atoms with Gasteiger partial charge in [0.1, 0.15) is 0 Å². The average molecular weight is 65.8 g/mol. The Morgan fingerprint density at radius 2 is 1.25 bits per heavy atom. The van der Waals surface area contributed by atoms with Crippen LogP contribution in [0.4, 0.5) is 4.70 Å². The number of hydrogen-bond donors (Lipinski definition) is 2. The summed E-state index contributed by atoms with van der Waals surface area (Å²) in [6.45, 7) is 0. The van der Waals surface area contributed by atoms with E-state index in [0.717, 1.165) is 0 Å². The molecular weight excluding hydrogens is 61.8 g/mol. The Balaban J connectivity index is 0. The maximum absolute atomic E-state index is 7.12. The lowest BCUT2D eigenvalue weighted by Crippen LogP contribution is -1.75. The van der Waals surface area contributed by atoms with Gasteiger partial charge < -0.3 is 10.0 Å². The summed E-state index contributed by atoms with van der Waals surface area (Å²) in [7, 11) is -0.750. The second-order valence-corrected chi connectivity index (χ2v) is 0.141. The van der Waals surface area contributed by atoms with Crippen molar-refractivity contribution in [1.82, 2.24) is 0 Å². The van der Waals surface area contributed by atoms with Gasteiger partial charge in [0.2, 0.25) is 0 Å². The van der Waals surface area contributed by atoms with Crippen LogP contribution in [0.2, 0.25) is 0 Å². The van der Waals surface area contributed by atoms with E-state index in [4.69, 9.17) is 10.0 Å². The lowest BCUT2D eigenvalue weighted by Gasteiger charge is -1.48. The van der Waals surface area contributed by atoms with Crippen LogP contribution in [0.5, 0.6) is 0 Å². The smallest absolute Gasteiger partial charge is 0.430 e. The minimum atomic E-state index is -0.750. The molecule has 2 nitrogen and oxygen atoms in total. The van der Waals surface area contributed by atoms with Crippen LogP contribution in [0.25, 0.3) is 0 Å². The summed E-state index contributed by atoms with van der Waals surface area (Å²) in [4.78, 5) is 0. The molecule has 0 aliphatic rings. The fourth-order valence-corrected chi connectivity index (χ4v) is 0. The Labute approximate surface area is 23.7 Å². The van der Waals surface area contributed by atoms with Gasteiger partial charge in [-0.25, -0.2) is 0 Å². The Morgan fingerprint density at radius 3 is 1.25 bits per heavy atom. The monoisotopic (exact) mass is 66.0 g/mol. The lowest BCUT2D eigenvalue weighted by atomic mass is 10.5. The SMILES string of the molecule is F.OBO. The highest BCUT2D eigenvalue weighted by atomic mass is 19.0. The van der Waals surface area contributed by atoms with Crippen molar-refractivity contribution in [2.75, 3.05) is 0 Å². The molecule has 0 atom stereocenters. The highest BCUT2D eigenvalue weighted by Crippen LogP contribution is 1.08. The normalized spacial score (nSPS) is 3.50. The van der Waals surface area contributed by atoms with Gasteiger partial charge >= 0.3 is 7.69 Å². The molecule has 0 amide bonds. The largest absolute Gasteiger partial charge is 0.432 e. The summed E-state index contributed by atoms with van der Waals surface area (Å²) in [5.41, 5.74) is 0. The number of halogens is 1. The number of rotatable bonds is 0. The standard InChI is InChI=1S/BH3O2.FH/c2-1-3;/h1-3H;1H. The summed E-state index contributed by atoms with van der Waals surface area (Å²) in [6.07, 6.45) is 0. The quantitative estimate of drug-likeness (QED) is 0.334. The van der Waals surface area contributed by atoms with E-state index in [2.05, 4.69) is 0 Å². The second-order valence-electron chi connectivity index (χ2n) is 0.141. The lowest BCUT2D eigenvalue weighted by molar-refractivity contribution is 0.448. The first-order valence-electron chi connectivity index (χ1n) is 0.632. The zero-order valence-electron chi connectivity index (χ0n) is 2.01. The molecule has 0 rings (SSSR count). The second kappa shape index (κ2) is 12.8. The summed E-state index contributed by atoms with van der Waals surface area (Å²) in [5.74, 6) is 0. The van der Waals surface area contributed by atoms with Gasteiger partial charge in [-0.1, -0.05) is 0 Å². The van der Waals surface area contributed by atoms with Crippen molar-refractivity contribution in [3.63, 3.8) is 0 Å². The van der Waals surface area contributed by atoms with Crippen LogP contribution in [0.15, 0.2) is 0 Å². The van der Waals surface area contributed by atoms with Crippen LogP contribution in [0.3, 0.4) is 0 Å². The molecule has 0 aromatic rings. The fourth-order valence-electron chi connectivity index (χ4n) is 0. The van der Waals surface area contributed by atoms with Crippen molar-refractivity contribution in [3.8, 4) is 0 Å². The molecule has 4 heavy (non-hydrogen) atoms. The molecule has 0 unspecified atom stereocenters. The molecule has 0 aliphatic carbocycles. The van der Waals surface area contributed by atoms with Gasteiger partial charge in [-0.2, -0.15) is 0 Å². The Morgan fingerprint density at radius 1 is 1.25 bits per heavy atom. The van der Waals surface area contributed by atoms with Crippen molar-refractivity contribution in [3.05, 3.63) is 0 Å². The molecule has 4 heteroatoms. The van der Waals surface area contributed by atoms with E-state index in [1.807, 2.05) is 0 Å². The fraction of sp³-hybridized carbons (Fsp3) is 0. The van der Waals surface area contributed by atoms with Crippen molar-refractivity contribution < 1.29 is 14.8 Å². The van der Waals surface area contributed by atoms with Crippen LogP contribution in [-0.4, -0.2) is 17.7 Å². The topological polar surface area (TPSA) is 40.5 Å². The van der Waals surface area contributed by atoms with Gasteiger partial charge in [-0.3, -0.25) is 4.70 Å².